The van der Waals surface area contributed by atoms with Crippen molar-refractivity contribution in [1.29, 1.82) is 0 Å². The van der Waals surface area contributed by atoms with E-state index in [1.807, 2.05) is 12.1 Å². The van der Waals surface area contributed by atoms with Crippen LogP contribution in [0, 0.1) is 0 Å². The van der Waals surface area contributed by atoms with Crippen LogP contribution in [0.3, 0.4) is 0 Å². The molecule has 0 bridgehead atoms. The van der Waals surface area contributed by atoms with E-state index in [1.165, 1.54) is 18.2 Å². The van der Waals surface area contributed by atoms with Gasteiger partial charge in [0, 0.05) is 17.8 Å². The van der Waals surface area contributed by atoms with Crippen LogP contribution < -0.4 is 5.32 Å². The molecule has 24 heavy (non-hydrogen) atoms. The second-order valence-electron chi connectivity index (χ2n) is 5.24. The molecule has 1 amide bonds. The number of halogens is 1. The zero-order valence-electron chi connectivity index (χ0n) is 12.7. The molecule has 1 heterocycles. The molecular weight excluding hydrogens is 348 g/mol. The van der Waals surface area contributed by atoms with Gasteiger partial charge in [0.1, 0.15) is 0 Å². The summed E-state index contributed by atoms with van der Waals surface area (Å²) in [5, 5.41) is 3.72. The number of rotatable bonds is 3. The minimum atomic E-state index is -3.43. The summed E-state index contributed by atoms with van der Waals surface area (Å²) in [6, 6.07) is 13.0. The summed E-state index contributed by atoms with van der Waals surface area (Å²) in [4.78, 5) is 16.8. The minimum Gasteiger partial charge on any atom is -0.321 e. The fourth-order valence-electron chi connectivity index (χ4n) is 2.31. The van der Waals surface area contributed by atoms with Crippen LogP contribution in [-0.4, -0.2) is 25.6 Å². The van der Waals surface area contributed by atoms with Crippen molar-refractivity contribution in [2.45, 2.75) is 4.90 Å². The molecule has 1 aromatic heterocycles. The molecule has 0 aliphatic carbocycles. The van der Waals surface area contributed by atoms with Gasteiger partial charge >= 0.3 is 0 Å². The lowest BCUT2D eigenvalue weighted by atomic mass is 10.1. The zero-order valence-corrected chi connectivity index (χ0v) is 14.2. The van der Waals surface area contributed by atoms with E-state index in [1.54, 1.807) is 24.4 Å². The number of aromatic nitrogens is 1. The van der Waals surface area contributed by atoms with Crippen molar-refractivity contribution in [2.75, 3.05) is 11.6 Å². The summed E-state index contributed by atoms with van der Waals surface area (Å²) >= 11 is 6.06. The molecule has 0 unspecified atom stereocenters. The zero-order chi connectivity index (χ0) is 17.3. The van der Waals surface area contributed by atoms with Crippen LogP contribution in [0.2, 0.25) is 5.02 Å². The lowest BCUT2D eigenvalue weighted by Gasteiger charge is -2.10. The number of nitrogens with zero attached hydrogens (tertiary/aromatic N) is 1. The Morgan fingerprint density at radius 1 is 1.12 bits per heavy atom. The maximum atomic E-state index is 12.5. The average molecular weight is 361 g/mol. The van der Waals surface area contributed by atoms with Gasteiger partial charge in [0.05, 0.1) is 26.7 Å². The average Bonchev–Trinajstić information content (AvgIpc) is 2.54. The fraction of sp³-hybridized carbons (Fsp3) is 0.0588. The molecule has 0 radical (unpaired) electrons. The van der Waals surface area contributed by atoms with E-state index in [0.717, 1.165) is 17.2 Å². The number of carbonyl (C=O) groups excluding carboxylic acids is 1. The summed E-state index contributed by atoms with van der Waals surface area (Å²) < 4.78 is 23.3. The van der Waals surface area contributed by atoms with E-state index < -0.39 is 15.7 Å². The first kappa shape index (κ1) is 16.4. The van der Waals surface area contributed by atoms with Crippen molar-refractivity contribution in [2.24, 2.45) is 0 Å². The Morgan fingerprint density at radius 3 is 2.67 bits per heavy atom. The molecule has 0 fully saturated rings. The normalized spacial score (nSPS) is 11.4. The van der Waals surface area contributed by atoms with Gasteiger partial charge in [-0.2, -0.15) is 0 Å². The Balaban J connectivity index is 2.01. The smallest absolute Gasteiger partial charge is 0.257 e. The molecule has 3 aromatic rings. The summed E-state index contributed by atoms with van der Waals surface area (Å²) in [5.41, 5.74) is 1.41. The fourth-order valence-corrected chi connectivity index (χ4v) is 3.16. The van der Waals surface area contributed by atoms with Gasteiger partial charge in [-0.1, -0.05) is 17.7 Å². The predicted octanol–water partition coefficient (Wildman–Crippen LogP) is 3.54. The van der Waals surface area contributed by atoms with Crippen LogP contribution in [0.5, 0.6) is 0 Å². The topological polar surface area (TPSA) is 76.1 Å². The van der Waals surface area contributed by atoms with Crippen molar-refractivity contribution in [3.8, 4) is 0 Å². The Kier molecular flexibility index (Phi) is 4.26. The molecule has 0 aliphatic rings. The van der Waals surface area contributed by atoms with Crippen LogP contribution >= 0.6 is 11.6 Å². The van der Waals surface area contributed by atoms with Gasteiger partial charge in [0.25, 0.3) is 5.91 Å². The Labute approximate surface area is 144 Å². The quantitative estimate of drug-likeness (QED) is 0.775. The lowest BCUT2D eigenvalue weighted by molar-refractivity contribution is 0.102. The number of pyridine rings is 1. The first-order valence-corrected chi connectivity index (χ1v) is 9.28. The Hall–Kier alpha value is -2.44. The molecule has 7 heteroatoms. The molecule has 0 atom stereocenters. The largest absolute Gasteiger partial charge is 0.321 e. The first-order chi connectivity index (χ1) is 11.4. The number of nitrogens with one attached hydrogen (secondary N) is 1. The highest BCUT2D eigenvalue weighted by molar-refractivity contribution is 7.90. The summed E-state index contributed by atoms with van der Waals surface area (Å²) in [5.74, 6) is -0.484. The van der Waals surface area contributed by atoms with E-state index in [4.69, 9.17) is 11.6 Å². The third kappa shape index (κ3) is 3.25. The first-order valence-electron chi connectivity index (χ1n) is 7.01. The van der Waals surface area contributed by atoms with E-state index in [0.29, 0.717) is 5.69 Å². The molecule has 5 nitrogen and oxygen atoms in total. The van der Waals surface area contributed by atoms with Gasteiger partial charge in [-0.3, -0.25) is 9.78 Å². The number of anilines is 1. The second kappa shape index (κ2) is 6.22. The molecule has 2 aromatic carbocycles. The van der Waals surface area contributed by atoms with Gasteiger partial charge in [0.2, 0.25) is 0 Å². The Bertz CT molecular complexity index is 1040. The van der Waals surface area contributed by atoms with E-state index in [-0.39, 0.29) is 15.5 Å². The van der Waals surface area contributed by atoms with Gasteiger partial charge in [0.15, 0.2) is 9.84 Å². The number of carbonyl (C=O) groups is 1. The lowest BCUT2D eigenvalue weighted by Crippen LogP contribution is -2.13. The maximum absolute atomic E-state index is 12.5. The van der Waals surface area contributed by atoms with Gasteiger partial charge in [-0.25, -0.2) is 8.42 Å². The van der Waals surface area contributed by atoms with Crippen molar-refractivity contribution in [3.05, 3.63) is 65.3 Å². The summed E-state index contributed by atoms with van der Waals surface area (Å²) in [7, 11) is -3.43. The van der Waals surface area contributed by atoms with Gasteiger partial charge in [-0.15, -0.1) is 0 Å². The SMILES string of the molecule is CS(=O)(=O)c1ccc(Cl)c(C(=O)Nc2cccc3ncccc23)c1. The highest BCUT2D eigenvalue weighted by Crippen LogP contribution is 2.25. The number of hydrogen-bond donors (Lipinski definition) is 1. The van der Waals surface area contributed by atoms with E-state index in [9.17, 15) is 13.2 Å². The molecule has 0 spiro atoms. The summed E-state index contributed by atoms with van der Waals surface area (Å²) in [6.45, 7) is 0. The molecule has 0 saturated heterocycles. The number of sulfone groups is 1. The van der Waals surface area contributed by atoms with Crippen molar-refractivity contribution < 1.29 is 13.2 Å². The monoisotopic (exact) mass is 360 g/mol. The molecule has 1 N–H and O–H groups in total. The number of amides is 1. The standard InChI is InChI=1S/C17H13ClN2O3S/c1-24(22,23)11-7-8-14(18)13(10-11)17(21)20-16-6-2-5-15-12(16)4-3-9-19-15/h2-10H,1H3,(H,20,21). The van der Waals surface area contributed by atoms with Gasteiger partial charge < -0.3 is 5.32 Å². The molecule has 122 valence electrons. The molecule has 0 saturated carbocycles. The van der Waals surface area contributed by atoms with Crippen LogP contribution in [0.25, 0.3) is 10.9 Å². The van der Waals surface area contributed by atoms with Crippen LogP contribution in [0.15, 0.2) is 59.6 Å². The van der Waals surface area contributed by atoms with Gasteiger partial charge in [-0.05, 0) is 42.5 Å². The maximum Gasteiger partial charge on any atom is 0.257 e. The van der Waals surface area contributed by atoms with Crippen molar-refractivity contribution >= 4 is 43.9 Å². The third-order valence-electron chi connectivity index (χ3n) is 3.50. The van der Waals surface area contributed by atoms with E-state index in [2.05, 4.69) is 10.3 Å². The number of hydrogen-bond acceptors (Lipinski definition) is 4. The predicted molar refractivity (Wildman–Crippen MR) is 94.3 cm³/mol. The molecule has 0 aliphatic heterocycles. The van der Waals surface area contributed by atoms with Crippen molar-refractivity contribution in [3.63, 3.8) is 0 Å². The number of fused-ring (bicyclic) bond motifs is 1. The third-order valence-corrected chi connectivity index (χ3v) is 4.94. The molecular formula is C17H13ClN2O3S. The second-order valence-corrected chi connectivity index (χ2v) is 7.67. The highest BCUT2D eigenvalue weighted by atomic mass is 35.5. The van der Waals surface area contributed by atoms with Crippen molar-refractivity contribution in [1.82, 2.24) is 4.98 Å². The van der Waals surface area contributed by atoms with E-state index >= 15 is 0 Å². The Morgan fingerprint density at radius 2 is 1.92 bits per heavy atom. The minimum absolute atomic E-state index is 0.0386. The van der Waals surface area contributed by atoms with Crippen LogP contribution in [-0.2, 0) is 9.84 Å². The highest BCUT2D eigenvalue weighted by Gasteiger charge is 2.16. The number of benzene rings is 2. The molecule has 3 rings (SSSR count). The summed E-state index contributed by atoms with van der Waals surface area (Å²) in [6.07, 6.45) is 2.74. The van der Waals surface area contributed by atoms with Crippen LogP contribution in [0.4, 0.5) is 5.69 Å². The van der Waals surface area contributed by atoms with Crippen LogP contribution in [0.1, 0.15) is 10.4 Å².